The second-order valence-corrected chi connectivity index (χ2v) is 4.55. The van der Waals surface area contributed by atoms with Crippen molar-refractivity contribution >= 4 is 7.82 Å². The first-order valence-corrected chi connectivity index (χ1v) is 5.32. The van der Waals surface area contributed by atoms with E-state index >= 15 is 0 Å². The zero-order valence-electron chi connectivity index (χ0n) is 6.82. The van der Waals surface area contributed by atoms with Crippen LogP contribution in [0.4, 0.5) is 0 Å². The third-order valence-electron chi connectivity index (χ3n) is 1.91. The summed E-state index contributed by atoms with van der Waals surface area (Å²) in [7, 11) is -3.17. The zero-order chi connectivity index (χ0) is 8.66. The molecule has 0 aromatic heterocycles. The Morgan fingerprint density at radius 2 is 1.83 bits per heavy atom. The topological polar surface area (TPSA) is 54.0 Å². The summed E-state index contributed by atoms with van der Waals surface area (Å²) in [6.45, 7) is 3.37. The number of phosphoric ester groups is 1. The number of ether oxygens (including phenoxy) is 1. The molecule has 0 unspecified atom stereocenters. The molecule has 0 radical (unpaired) electrons. The molecular weight excluding hydrogens is 183 g/mol. The molecule has 0 N–H and O–H groups in total. The van der Waals surface area contributed by atoms with Crippen molar-refractivity contribution in [1.82, 2.24) is 0 Å². The van der Waals surface area contributed by atoms with Crippen LogP contribution in [0.25, 0.3) is 0 Å². The molecule has 0 aromatic rings. The van der Waals surface area contributed by atoms with Crippen LogP contribution in [0.2, 0.25) is 0 Å². The van der Waals surface area contributed by atoms with Crippen molar-refractivity contribution < 1.29 is 22.9 Å². The molecule has 12 heavy (non-hydrogen) atoms. The molecule has 0 aromatic carbocycles. The predicted molar refractivity (Wildman–Crippen MR) is 39.8 cm³/mol. The van der Waals surface area contributed by atoms with Crippen LogP contribution in [0.1, 0.15) is 6.92 Å². The molecule has 3 saturated heterocycles. The summed E-state index contributed by atoms with van der Waals surface area (Å²) in [5.74, 6) is 0. The highest BCUT2D eigenvalue weighted by Crippen LogP contribution is 2.58. The zero-order valence-corrected chi connectivity index (χ0v) is 7.71. The van der Waals surface area contributed by atoms with E-state index < -0.39 is 13.4 Å². The molecule has 0 aliphatic carbocycles. The second kappa shape index (κ2) is 2.79. The molecule has 0 spiro atoms. The minimum absolute atomic E-state index is 0.304. The van der Waals surface area contributed by atoms with Crippen molar-refractivity contribution in [3.63, 3.8) is 0 Å². The van der Waals surface area contributed by atoms with Gasteiger partial charge in [-0.05, 0) is 6.92 Å². The number of hydrogen-bond donors (Lipinski definition) is 0. The Bertz CT molecular complexity index is 197. The van der Waals surface area contributed by atoms with Crippen LogP contribution in [0, 0.1) is 0 Å². The molecule has 6 heteroatoms. The lowest BCUT2D eigenvalue weighted by atomic mass is 10.1. The van der Waals surface area contributed by atoms with Gasteiger partial charge in [0.1, 0.15) is 5.60 Å². The highest BCUT2D eigenvalue weighted by atomic mass is 31.2. The fraction of sp³-hybridized carbons (Fsp3) is 1.00. The standard InChI is InChI=1S/C6H11O5P/c1-2-8-6-3-9-12(7,10-4-6)11-5-6/h2-5H2,1H3. The van der Waals surface area contributed by atoms with Gasteiger partial charge in [0.05, 0.1) is 19.8 Å². The van der Waals surface area contributed by atoms with Crippen molar-refractivity contribution in [2.75, 3.05) is 26.4 Å². The summed E-state index contributed by atoms with van der Waals surface area (Å²) < 4.78 is 31.4. The first-order valence-electron chi connectivity index (χ1n) is 3.86. The van der Waals surface area contributed by atoms with Gasteiger partial charge in [0, 0.05) is 6.61 Å². The summed E-state index contributed by atoms with van der Waals surface area (Å²) in [6.07, 6.45) is 0. The lowest BCUT2D eigenvalue weighted by Gasteiger charge is -2.43. The van der Waals surface area contributed by atoms with Gasteiger partial charge < -0.3 is 4.74 Å². The van der Waals surface area contributed by atoms with Gasteiger partial charge in [0.25, 0.3) is 0 Å². The second-order valence-electron chi connectivity index (χ2n) is 2.88. The molecule has 2 bridgehead atoms. The normalized spacial score (nSPS) is 46.4. The van der Waals surface area contributed by atoms with Crippen LogP contribution in [0.5, 0.6) is 0 Å². The Kier molecular flexibility index (Phi) is 2.01. The Balaban J connectivity index is 2.09. The van der Waals surface area contributed by atoms with Crippen LogP contribution >= 0.6 is 7.82 Å². The van der Waals surface area contributed by atoms with Gasteiger partial charge in [-0.1, -0.05) is 0 Å². The smallest absolute Gasteiger partial charge is 0.368 e. The van der Waals surface area contributed by atoms with Crippen LogP contribution in [-0.4, -0.2) is 32.0 Å². The van der Waals surface area contributed by atoms with E-state index in [2.05, 4.69) is 0 Å². The van der Waals surface area contributed by atoms with Gasteiger partial charge in [-0.3, -0.25) is 13.6 Å². The van der Waals surface area contributed by atoms with Gasteiger partial charge in [0.15, 0.2) is 0 Å². The molecular formula is C6H11O5P. The van der Waals surface area contributed by atoms with Crippen LogP contribution < -0.4 is 0 Å². The van der Waals surface area contributed by atoms with E-state index in [1.165, 1.54) is 0 Å². The average molecular weight is 194 g/mol. The fourth-order valence-corrected chi connectivity index (χ4v) is 2.66. The summed E-state index contributed by atoms with van der Waals surface area (Å²) in [4.78, 5) is 0. The maximum atomic E-state index is 11.3. The molecule has 0 saturated carbocycles. The average Bonchev–Trinajstić information content (AvgIpc) is 2.08. The Morgan fingerprint density at radius 3 is 2.25 bits per heavy atom. The molecule has 3 fully saturated rings. The van der Waals surface area contributed by atoms with Crippen molar-refractivity contribution in [1.29, 1.82) is 0 Å². The van der Waals surface area contributed by atoms with E-state index in [4.69, 9.17) is 18.3 Å². The lowest BCUT2D eigenvalue weighted by Crippen LogP contribution is -2.52. The first kappa shape index (κ1) is 8.66. The summed E-state index contributed by atoms with van der Waals surface area (Å²) in [5.41, 5.74) is -0.527. The predicted octanol–water partition coefficient (Wildman–Crippen LogP) is 0.947. The van der Waals surface area contributed by atoms with Gasteiger partial charge in [-0.25, -0.2) is 4.57 Å². The third-order valence-corrected chi connectivity index (χ3v) is 3.24. The minimum Gasteiger partial charge on any atom is -0.368 e. The van der Waals surface area contributed by atoms with Crippen LogP contribution in [0.3, 0.4) is 0 Å². The van der Waals surface area contributed by atoms with E-state index in [9.17, 15) is 4.57 Å². The molecule has 0 amide bonds. The fourth-order valence-electron chi connectivity index (χ4n) is 1.26. The van der Waals surface area contributed by atoms with Gasteiger partial charge in [0.2, 0.25) is 0 Å². The molecule has 0 atom stereocenters. The quantitative estimate of drug-likeness (QED) is 0.612. The maximum absolute atomic E-state index is 11.3. The number of hydrogen-bond acceptors (Lipinski definition) is 5. The molecule has 3 aliphatic heterocycles. The van der Waals surface area contributed by atoms with E-state index in [-0.39, 0.29) is 0 Å². The van der Waals surface area contributed by atoms with Gasteiger partial charge >= 0.3 is 7.82 Å². The summed E-state index contributed by atoms with van der Waals surface area (Å²) in [6, 6.07) is 0. The number of fused-ring (bicyclic) bond motifs is 3. The van der Waals surface area contributed by atoms with Crippen LogP contribution in [0.15, 0.2) is 0 Å². The van der Waals surface area contributed by atoms with Crippen molar-refractivity contribution in [3.05, 3.63) is 0 Å². The van der Waals surface area contributed by atoms with E-state index in [1.807, 2.05) is 6.92 Å². The Labute approximate surface area is 70.6 Å². The monoisotopic (exact) mass is 194 g/mol. The molecule has 70 valence electrons. The summed E-state index contributed by atoms with van der Waals surface area (Å²) >= 11 is 0. The lowest BCUT2D eigenvalue weighted by molar-refractivity contribution is -0.180. The third kappa shape index (κ3) is 1.32. The Morgan fingerprint density at radius 1 is 1.33 bits per heavy atom. The minimum atomic E-state index is -3.17. The van der Waals surface area contributed by atoms with E-state index in [0.29, 0.717) is 26.4 Å². The highest BCUT2D eigenvalue weighted by Gasteiger charge is 2.51. The van der Waals surface area contributed by atoms with Crippen molar-refractivity contribution in [2.45, 2.75) is 12.5 Å². The highest BCUT2D eigenvalue weighted by molar-refractivity contribution is 7.48. The van der Waals surface area contributed by atoms with Crippen LogP contribution in [-0.2, 0) is 22.9 Å². The maximum Gasteiger partial charge on any atom is 0.475 e. The first-order chi connectivity index (χ1) is 5.68. The molecule has 3 rings (SSSR count). The van der Waals surface area contributed by atoms with Gasteiger partial charge in [-0.2, -0.15) is 0 Å². The molecule has 5 nitrogen and oxygen atoms in total. The molecule has 3 heterocycles. The summed E-state index contributed by atoms with van der Waals surface area (Å²) in [5, 5.41) is 0. The number of rotatable bonds is 2. The SMILES string of the molecule is CCOC12COP(=O)(OC1)OC2. The Hall–Kier alpha value is 0.0700. The molecule has 3 aliphatic rings. The van der Waals surface area contributed by atoms with Crippen molar-refractivity contribution in [3.8, 4) is 0 Å². The van der Waals surface area contributed by atoms with E-state index in [1.54, 1.807) is 0 Å². The van der Waals surface area contributed by atoms with E-state index in [0.717, 1.165) is 0 Å². The largest absolute Gasteiger partial charge is 0.475 e. The van der Waals surface area contributed by atoms with Gasteiger partial charge in [-0.15, -0.1) is 0 Å². The number of phosphoric acid groups is 1. The van der Waals surface area contributed by atoms with Crippen molar-refractivity contribution in [2.24, 2.45) is 0 Å².